The molecule has 0 radical (unpaired) electrons. The molecular weight excluding hydrogens is 431 g/mol. The Morgan fingerprint density at radius 1 is 1.18 bits per heavy atom. The Bertz CT molecular complexity index is 703. The lowest BCUT2D eigenvalue weighted by Crippen LogP contribution is -2.35. The summed E-state index contributed by atoms with van der Waals surface area (Å²) in [5.74, 6) is 0.958. The first-order valence-corrected chi connectivity index (χ1v) is 11.4. The Hall–Kier alpha value is -0.820. The largest absolute Gasteiger partial charge is 0.362 e. The van der Waals surface area contributed by atoms with E-state index in [0.29, 0.717) is 6.04 Å². The van der Waals surface area contributed by atoms with Crippen LogP contribution in [0.5, 0.6) is 0 Å². The number of aliphatic imine (C=N–C) groups is 2. The Labute approximate surface area is 188 Å². The second-order valence-corrected chi connectivity index (χ2v) is 8.72. The molecule has 2 aliphatic heterocycles. The monoisotopic (exact) mass is 458 g/mol. The van der Waals surface area contributed by atoms with Crippen molar-refractivity contribution >= 4 is 58.7 Å². The molecule has 0 bridgehead atoms. The Kier molecular flexibility index (Phi) is 10.1. The Morgan fingerprint density at radius 3 is 2.75 bits per heavy atom. The molecule has 0 aromatic heterocycles. The predicted molar refractivity (Wildman–Crippen MR) is 129 cm³/mol. The average Bonchev–Trinajstić information content (AvgIpc) is 3.30. The van der Waals surface area contributed by atoms with Gasteiger partial charge in [-0.1, -0.05) is 73.1 Å². The van der Waals surface area contributed by atoms with E-state index in [-0.39, 0.29) is 24.8 Å². The van der Waals surface area contributed by atoms with Gasteiger partial charge in [0.2, 0.25) is 0 Å². The fourth-order valence-corrected chi connectivity index (χ4v) is 5.52. The van der Waals surface area contributed by atoms with E-state index >= 15 is 0 Å². The van der Waals surface area contributed by atoms with Crippen LogP contribution >= 0.6 is 48.3 Å². The second kappa shape index (κ2) is 12.0. The summed E-state index contributed by atoms with van der Waals surface area (Å²) in [5, 5.41) is 8.25. The summed E-state index contributed by atoms with van der Waals surface area (Å²) in [6, 6.07) is 11.1. The van der Waals surface area contributed by atoms with Crippen molar-refractivity contribution in [1.82, 2.24) is 10.2 Å². The standard InChI is InChI=1S/C20H26N4S2.2ClH/c1-3-7-16(8-4-1)13-22-19(23-17-9-5-2-6-10-17)25-14-18-15-26-20-21-11-12-24(18)20;;/h1,3-4,7-8,15,17H,2,5-6,9-14H2,(H,22,23);2*1H. The first kappa shape index (κ1) is 23.5. The molecule has 154 valence electrons. The lowest BCUT2D eigenvalue weighted by Gasteiger charge is -2.25. The van der Waals surface area contributed by atoms with Crippen molar-refractivity contribution in [3.8, 4) is 0 Å². The van der Waals surface area contributed by atoms with E-state index in [0.717, 1.165) is 30.6 Å². The first-order chi connectivity index (χ1) is 12.9. The van der Waals surface area contributed by atoms with Crippen LogP contribution < -0.4 is 5.32 Å². The van der Waals surface area contributed by atoms with Crippen LogP contribution in [-0.4, -0.2) is 40.1 Å². The normalized spacial score (nSPS) is 19.3. The number of halogens is 2. The summed E-state index contributed by atoms with van der Waals surface area (Å²) >= 11 is 3.60. The summed E-state index contributed by atoms with van der Waals surface area (Å²) in [7, 11) is 0. The van der Waals surface area contributed by atoms with Crippen LogP contribution in [0, 0.1) is 0 Å². The molecule has 1 aliphatic carbocycles. The molecule has 8 heteroatoms. The van der Waals surface area contributed by atoms with E-state index in [1.54, 1.807) is 11.8 Å². The van der Waals surface area contributed by atoms with Gasteiger partial charge in [0.05, 0.1) is 13.1 Å². The summed E-state index contributed by atoms with van der Waals surface area (Å²) in [5.41, 5.74) is 2.63. The molecule has 0 saturated heterocycles. The van der Waals surface area contributed by atoms with Crippen molar-refractivity contribution in [2.45, 2.75) is 44.7 Å². The van der Waals surface area contributed by atoms with Gasteiger partial charge in [0, 0.05) is 24.0 Å². The molecule has 0 amide bonds. The van der Waals surface area contributed by atoms with Crippen molar-refractivity contribution < 1.29 is 0 Å². The van der Waals surface area contributed by atoms with Crippen molar-refractivity contribution in [3.63, 3.8) is 0 Å². The van der Waals surface area contributed by atoms with Gasteiger partial charge in [0.25, 0.3) is 0 Å². The molecule has 0 atom stereocenters. The molecule has 1 saturated carbocycles. The smallest absolute Gasteiger partial charge is 0.167 e. The zero-order valence-corrected chi connectivity index (χ0v) is 19.1. The van der Waals surface area contributed by atoms with Gasteiger partial charge in [-0.15, -0.1) is 24.8 Å². The summed E-state index contributed by atoms with van der Waals surface area (Å²) in [4.78, 5) is 11.8. The van der Waals surface area contributed by atoms with E-state index in [1.165, 1.54) is 48.5 Å². The SMILES string of the molecule is C1=C(CSC(=NCc2ccccc2)NC2CCCCC2)N2CCN=C2S1.Cl.Cl. The molecular formula is C20H28Cl2N4S2. The highest BCUT2D eigenvalue weighted by Gasteiger charge is 2.26. The van der Waals surface area contributed by atoms with E-state index in [9.17, 15) is 0 Å². The third kappa shape index (κ3) is 6.34. The molecule has 4 rings (SSSR count). The molecule has 0 unspecified atom stereocenters. The predicted octanol–water partition coefficient (Wildman–Crippen LogP) is 5.30. The van der Waals surface area contributed by atoms with Gasteiger partial charge in [-0.3, -0.25) is 9.98 Å². The molecule has 3 aliphatic rings. The fraction of sp³-hybridized carbons (Fsp3) is 0.500. The molecule has 4 nitrogen and oxygen atoms in total. The molecule has 1 aromatic carbocycles. The number of rotatable bonds is 5. The second-order valence-electron chi connectivity index (χ2n) is 6.92. The lowest BCUT2D eigenvalue weighted by molar-refractivity contribution is 0.415. The first-order valence-electron chi connectivity index (χ1n) is 9.54. The number of thioether (sulfide) groups is 2. The van der Waals surface area contributed by atoms with Crippen LogP contribution in [0.3, 0.4) is 0 Å². The molecule has 1 aromatic rings. The minimum Gasteiger partial charge on any atom is -0.362 e. The minimum absolute atomic E-state index is 0. The van der Waals surface area contributed by atoms with E-state index in [1.807, 2.05) is 11.8 Å². The fourth-order valence-electron chi connectivity index (χ4n) is 3.53. The summed E-state index contributed by atoms with van der Waals surface area (Å²) in [6.45, 7) is 2.70. The van der Waals surface area contributed by atoms with Crippen LogP contribution in [0.2, 0.25) is 0 Å². The highest BCUT2D eigenvalue weighted by Crippen LogP contribution is 2.31. The van der Waals surface area contributed by atoms with Crippen molar-refractivity contribution in [3.05, 3.63) is 47.0 Å². The van der Waals surface area contributed by atoms with Crippen molar-refractivity contribution in [2.24, 2.45) is 9.98 Å². The van der Waals surface area contributed by atoms with Crippen LogP contribution in [0.4, 0.5) is 0 Å². The minimum atomic E-state index is 0. The zero-order chi connectivity index (χ0) is 17.6. The van der Waals surface area contributed by atoms with Crippen LogP contribution in [0.1, 0.15) is 37.7 Å². The molecule has 1 fully saturated rings. The number of amidine groups is 2. The number of fused-ring (bicyclic) bond motifs is 1. The maximum Gasteiger partial charge on any atom is 0.167 e. The third-order valence-corrected chi connectivity index (χ3v) is 6.90. The molecule has 0 spiro atoms. The van der Waals surface area contributed by atoms with Crippen molar-refractivity contribution in [2.75, 3.05) is 18.8 Å². The third-order valence-electron chi connectivity index (χ3n) is 4.99. The Morgan fingerprint density at radius 2 is 1.96 bits per heavy atom. The van der Waals surface area contributed by atoms with E-state index in [4.69, 9.17) is 4.99 Å². The molecule has 28 heavy (non-hydrogen) atoms. The van der Waals surface area contributed by atoms with Gasteiger partial charge in [-0.05, 0) is 23.8 Å². The van der Waals surface area contributed by atoms with Crippen LogP contribution in [-0.2, 0) is 6.54 Å². The lowest BCUT2D eigenvalue weighted by atomic mass is 9.96. The van der Waals surface area contributed by atoms with E-state index < -0.39 is 0 Å². The highest BCUT2D eigenvalue weighted by atomic mass is 35.5. The number of nitrogens with one attached hydrogen (secondary N) is 1. The number of benzene rings is 1. The molecule has 2 heterocycles. The molecule has 1 N–H and O–H groups in total. The maximum absolute atomic E-state index is 4.92. The van der Waals surface area contributed by atoms with Gasteiger partial charge in [0.15, 0.2) is 10.3 Å². The van der Waals surface area contributed by atoms with Gasteiger partial charge in [0.1, 0.15) is 0 Å². The Balaban J connectivity index is 0.00000140. The topological polar surface area (TPSA) is 40.0 Å². The van der Waals surface area contributed by atoms with Crippen LogP contribution in [0.15, 0.2) is 51.4 Å². The van der Waals surface area contributed by atoms with Gasteiger partial charge < -0.3 is 10.2 Å². The summed E-state index contributed by atoms with van der Waals surface area (Å²) < 4.78 is 0. The number of hydrogen-bond donors (Lipinski definition) is 1. The van der Waals surface area contributed by atoms with Gasteiger partial charge in [-0.25, -0.2) is 0 Å². The van der Waals surface area contributed by atoms with E-state index in [2.05, 4.69) is 50.9 Å². The zero-order valence-electron chi connectivity index (χ0n) is 15.9. The van der Waals surface area contributed by atoms with Crippen LogP contribution in [0.25, 0.3) is 0 Å². The van der Waals surface area contributed by atoms with Gasteiger partial charge in [-0.2, -0.15) is 0 Å². The average molecular weight is 460 g/mol. The number of hydrogen-bond acceptors (Lipinski definition) is 5. The maximum atomic E-state index is 4.92. The quantitative estimate of drug-likeness (QED) is 0.479. The summed E-state index contributed by atoms with van der Waals surface area (Å²) in [6.07, 6.45) is 6.59. The van der Waals surface area contributed by atoms with Crippen molar-refractivity contribution in [1.29, 1.82) is 0 Å². The van der Waals surface area contributed by atoms with Gasteiger partial charge >= 0.3 is 0 Å². The number of nitrogens with zero attached hydrogens (tertiary/aromatic N) is 3. The highest BCUT2D eigenvalue weighted by molar-refractivity contribution is 8.17.